The van der Waals surface area contributed by atoms with E-state index in [0.717, 1.165) is 0 Å². The van der Waals surface area contributed by atoms with Gasteiger partial charge in [0.15, 0.2) is 11.5 Å². The first-order valence-corrected chi connectivity index (χ1v) is 9.90. The molecule has 8 atom stereocenters. The molecule has 3 aliphatic rings. The van der Waals surface area contributed by atoms with Crippen LogP contribution in [-0.2, 0) is 19.0 Å². The van der Waals surface area contributed by atoms with E-state index in [1.54, 1.807) is 12.1 Å². The summed E-state index contributed by atoms with van der Waals surface area (Å²) in [5, 5.41) is 39.6. The number of hydrogen-bond acceptors (Lipinski definition) is 11. The third kappa shape index (κ3) is 3.81. The number of carbonyl (C=O) groups is 1. The molecule has 31 heavy (non-hydrogen) atoms. The Hall–Kier alpha value is -2.15. The minimum absolute atomic E-state index is 0.0892. The van der Waals surface area contributed by atoms with Crippen LogP contribution in [0.2, 0.25) is 0 Å². The number of methoxy groups -OCH3 is 2. The summed E-state index contributed by atoms with van der Waals surface area (Å²) < 4.78 is 33.0. The van der Waals surface area contributed by atoms with Crippen molar-refractivity contribution in [1.29, 1.82) is 0 Å². The van der Waals surface area contributed by atoms with Gasteiger partial charge in [0.25, 0.3) is 0 Å². The highest BCUT2D eigenvalue weighted by Gasteiger charge is 2.49. The van der Waals surface area contributed by atoms with Crippen LogP contribution < -0.4 is 14.2 Å². The first-order valence-electron chi connectivity index (χ1n) is 9.90. The Labute approximate surface area is 178 Å². The molecule has 0 aromatic heterocycles. The van der Waals surface area contributed by atoms with E-state index in [1.165, 1.54) is 14.2 Å². The second-order valence-electron chi connectivity index (χ2n) is 7.72. The van der Waals surface area contributed by atoms with Crippen LogP contribution in [0.25, 0.3) is 0 Å². The van der Waals surface area contributed by atoms with E-state index < -0.39 is 43.4 Å². The van der Waals surface area contributed by atoms with Crippen LogP contribution in [0.4, 0.5) is 0 Å². The van der Waals surface area contributed by atoms with Crippen LogP contribution in [-0.4, -0.2) is 91.1 Å². The van der Waals surface area contributed by atoms with Crippen LogP contribution in [0, 0.1) is 11.8 Å². The van der Waals surface area contributed by atoms with E-state index in [9.17, 15) is 25.2 Å². The van der Waals surface area contributed by atoms with Gasteiger partial charge in [0, 0.05) is 5.92 Å². The van der Waals surface area contributed by atoms with E-state index in [2.05, 4.69) is 0 Å². The lowest BCUT2D eigenvalue weighted by molar-refractivity contribution is -0.277. The highest BCUT2D eigenvalue weighted by atomic mass is 16.7. The average Bonchev–Trinajstić information content (AvgIpc) is 3.36. The Balaban J connectivity index is 1.62. The number of hydrogen-bond donors (Lipinski definition) is 4. The number of cyclic esters (lactones) is 1. The minimum Gasteiger partial charge on any atom is -0.493 e. The molecule has 0 bridgehead atoms. The van der Waals surface area contributed by atoms with E-state index in [-0.39, 0.29) is 48.3 Å². The number of aliphatic hydroxyl groups excluding tert-OH is 4. The molecule has 1 aromatic rings. The van der Waals surface area contributed by atoms with Crippen molar-refractivity contribution >= 4 is 5.97 Å². The Bertz CT molecular complexity index is 787. The molecular formula is C20H26O11. The number of esters is 1. The molecule has 172 valence electrons. The molecule has 3 fully saturated rings. The maximum Gasteiger partial charge on any atom is 0.311 e. The molecule has 11 nitrogen and oxygen atoms in total. The SMILES string of the molecule is COc1cc([C@@H]2OC[C@H]3C(=O)OC[C@H]32)cc(OC)c1O[C@@H]1O[C@H](CO)[C@@H](O)[C@H](O)[C@H]1O. The maximum atomic E-state index is 11.8. The molecule has 0 saturated carbocycles. The molecule has 3 saturated heterocycles. The number of fused-ring (bicyclic) bond motifs is 1. The zero-order chi connectivity index (χ0) is 22.3. The third-order valence-electron chi connectivity index (χ3n) is 5.98. The van der Waals surface area contributed by atoms with Gasteiger partial charge in [0.2, 0.25) is 12.0 Å². The Morgan fingerprint density at radius 1 is 1.03 bits per heavy atom. The number of rotatable bonds is 6. The summed E-state index contributed by atoms with van der Waals surface area (Å²) in [7, 11) is 2.83. The summed E-state index contributed by atoms with van der Waals surface area (Å²) in [4.78, 5) is 11.8. The highest BCUT2D eigenvalue weighted by Crippen LogP contribution is 2.47. The second kappa shape index (κ2) is 8.77. The van der Waals surface area contributed by atoms with Gasteiger partial charge in [-0.05, 0) is 17.7 Å². The molecule has 0 spiro atoms. The van der Waals surface area contributed by atoms with E-state index in [4.69, 9.17) is 28.4 Å². The number of ether oxygens (including phenoxy) is 6. The van der Waals surface area contributed by atoms with E-state index in [1.807, 2.05) is 0 Å². The fourth-order valence-electron chi connectivity index (χ4n) is 4.20. The molecule has 0 aliphatic carbocycles. The van der Waals surface area contributed by atoms with Gasteiger partial charge in [0.05, 0.1) is 46.1 Å². The Kier molecular flexibility index (Phi) is 6.24. The van der Waals surface area contributed by atoms with Gasteiger partial charge in [-0.3, -0.25) is 4.79 Å². The van der Waals surface area contributed by atoms with Crippen LogP contribution in [0.1, 0.15) is 11.7 Å². The first kappa shape index (κ1) is 22.1. The van der Waals surface area contributed by atoms with E-state index in [0.29, 0.717) is 5.56 Å². The van der Waals surface area contributed by atoms with Crippen molar-refractivity contribution < 1.29 is 53.6 Å². The maximum absolute atomic E-state index is 11.8. The zero-order valence-electron chi connectivity index (χ0n) is 17.0. The Morgan fingerprint density at radius 2 is 1.71 bits per heavy atom. The van der Waals surface area contributed by atoms with Crippen LogP contribution in [0.3, 0.4) is 0 Å². The fraction of sp³-hybridized carbons (Fsp3) is 0.650. The molecule has 0 amide bonds. The molecule has 4 rings (SSSR count). The minimum atomic E-state index is -1.59. The summed E-state index contributed by atoms with van der Waals surface area (Å²) in [6, 6.07) is 3.33. The lowest BCUT2D eigenvalue weighted by Gasteiger charge is -2.39. The molecule has 3 aliphatic heterocycles. The summed E-state index contributed by atoms with van der Waals surface area (Å²) in [6.07, 6.45) is -7.61. The lowest BCUT2D eigenvalue weighted by Crippen LogP contribution is -2.60. The van der Waals surface area contributed by atoms with Gasteiger partial charge < -0.3 is 48.8 Å². The Morgan fingerprint density at radius 3 is 2.32 bits per heavy atom. The quantitative estimate of drug-likeness (QED) is 0.391. The number of carbonyl (C=O) groups excluding carboxylic acids is 1. The zero-order valence-corrected chi connectivity index (χ0v) is 17.0. The van der Waals surface area contributed by atoms with Gasteiger partial charge in [-0.25, -0.2) is 0 Å². The largest absolute Gasteiger partial charge is 0.493 e. The second-order valence-corrected chi connectivity index (χ2v) is 7.72. The predicted molar refractivity (Wildman–Crippen MR) is 101 cm³/mol. The molecule has 11 heteroatoms. The summed E-state index contributed by atoms with van der Waals surface area (Å²) in [5.74, 6) is -0.140. The van der Waals surface area contributed by atoms with Crippen molar-refractivity contribution in [1.82, 2.24) is 0 Å². The normalized spacial score (nSPS) is 37.3. The number of benzene rings is 1. The topological polar surface area (TPSA) is 153 Å². The molecule has 1 aromatic carbocycles. The van der Waals surface area contributed by atoms with Gasteiger partial charge in [-0.2, -0.15) is 0 Å². The van der Waals surface area contributed by atoms with Crippen molar-refractivity contribution in [3.05, 3.63) is 17.7 Å². The van der Waals surface area contributed by atoms with Crippen molar-refractivity contribution in [2.24, 2.45) is 11.8 Å². The van der Waals surface area contributed by atoms with Crippen LogP contribution >= 0.6 is 0 Å². The van der Waals surface area contributed by atoms with Gasteiger partial charge in [0.1, 0.15) is 24.4 Å². The monoisotopic (exact) mass is 442 g/mol. The van der Waals surface area contributed by atoms with Gasteiger partial charge in [-0.1, -0.05) is 0 Å². The molecular weight excluding hydrogens is 416 g/mol. The van der Waals surface area contributed by atoms with Crippen molar-refractivity contribution in [3.63, 3.8) is 0 Å². The standard InChI is InChI=1S/C20H26O11/c1-26-11-3-8(17-9-6-29-19(25)10(9)7-28-17)4-12(27-2)18(11)31-20-16(24)15(23)14(22)13(5-21)30-20/h3-4,9-10,13-17,20-24H,5-7H2,1-2H3/t9-,10-,13-,14-,15+,16-,17+,20+/m1/s1. The third-order valence-corrected chi connectivity index (χ3v) is 5.98. The number of aliphatic hydroxyl groups is 4. The van der Waals surface area contributed by atoms with Gasteiger partial charge in [-0.15, -0.1) is 0 Å². The molecule has 3 heterocycles. The lowest BCUT2D eigenvalue weighted by atomic mass is 9.90. The van der Waals surface area contributed by atoms with Crippen molar-refractivity contribution in [2.75, 3.05) is 34.0 Å². The summed E-state index contributed by atoms with van der Waals surface area (Å²) in [6.45, 7) is -0.0514. The van der Waals surface area contributed by atoms with Crippen molar-refractivity contribution in [2.45, 2.75) is 36.8 Å². The average molecular weight is 442 g/mol. The summed E-state index contributed by atoms with van der Waals surface area (Å²) in [5.41, 5.74) is 0.695. The molecule has 0 radical (unpaired) electrons. The van der Waals surface area contributed by atoms with Crippen LogP contribution in [0.15, 0.2) is 12.1 Å². The molecule has 4 N–H and O–H groups in total. The highest BCUT2D eigenvalue weighted by molar-refractivity contribution is 5.75. The predicted octanol–water partition coefficient (Wildman–Crippen LogP) is -1.26. The van der Waals surface area contributed by atoms with Crippen LogP contribution in [0.5, 0.6) is 17.2 Å². The smallest absolute Gasteiger partial charge is 0.311 e. The fourth-order valence-corrected chi connectivity index (χ4v) is 4.20. The van der Waals surface area contributed by atoms with Crippen molar-refractivity contribution in [3.8, 4) is 17.2 Å². The molecule has 0 unspecified atom stereocenters. The summed E-state index contributed by atoms with van der Waals surface area (Å²) >= 11 is 0. The van der Waals surface area contributed by atoms with Gasteiger partial charge >= 0.3 is 5.97 Å². The first-order chi connectivity index (χ1) is 14.9. The van der Waals surface area contributed by atoms with E-state index >= 15 is 0 Å².